The first-order chi connectivity index (χ1) is 16.1. The number of amides is 1. The van der Waals surface area contributed by atoms with Gasteiger partial charge in [-0.2, -0.15) is 0 Å². The molecule has 1 aromatic heterocycles. The molecule has 178 valence electrons. The Hall–Kier alpha value is -3.28. The number of anilines is 2. The largest absolute Gasteiger partial charge is 0.492 e. The molecule has 34 heavy (non-hydrogen) atoms. The minimum atomic E-state index is -3.89. The van der Waals surface area contributed by atoms with E-state index in [-0.39, 0.29) is 16.0 Å². The van der Waals surface area contributed by atoms with Gasteiger partial charge in [0.05, 0.1) is 16.5 Å². The van der Waals surface area contributed by atoms with Crippen LogP contribution in [0.5, 0.6) is 5.75 Å². The number of nitrogens with zero attached hydrogens (tertiary/aromatic N) is 2. The predicted octanol–water partition coefficient (Wildman–Crippen LogP) is 4.07. The summed E-state index contributed by atoms with van der Waals surface area (Å²) in [6.45, 7) is 5.78. The molecule has 3 rings (SSSR count). The number of rotatable bonds is 7. The molecule has 12 heteroatoms. The second-order valence-corrected chi connectivity index (χ2v) is 9.59. The minimum Gasteiger partial charge on any atom is -0.492 e. The van der Waals surface area contributed by atoms with Crippen LogP contribution in [0.4, 0.5) is 11.6 Å². The molecule has 3 aromatic rings. The van der Waals surface area contributed by atoms with Crippen LogP contribution in [0.2, 0.25) is 5.02 Å². The molecule has 0 radical (unpaired) electrons. The number of halogens is 1. The van der Waals surface area contributed by atoms with Crippen molar-refractivity contribution in [2.75, 3.05) is 16.6 Å². The highest BCUT2D eigenvalue weighted by Gasteiger charge is 2.17. The van der Waals surface area contributed by atoms with Crippen molar-refractivity contribution in [3.05, 3.63) is 70.5 Å². The molecule has 1 heterocycles. The highest BCUT2D eigenvalue weighted by molar-refractivity contribution is 7.92. The maximum atomic E-state index is 12.6. The molecule has 0 fully saturated rings. The second-order valence-electron chi connectivity index (χ2n) is 7.09. The van der Waals surface area contributed by atoms with E-state index in [1.54, 1.807) is 32.0 Å². The number of carbonyl (C=O) groups excluding carboxylic acids is 1. The zero-order valence-electron chi connectivity index (χ0n) is 18.5. The van der Waals surface area contributed by atoms with Crippen LogP contribution in [0.3, 0.4) is 0 Å². The lowest BCUT2D eigenvalue weighted by atomic mass is 10.2. The highest BCUT2D eigenvalue weighted by atomic mass is 35.5. The normalized spacial score (nSPS) is 10.9. The lowest BCUT2D eigenvalue weighted by Gasteiger charge is -2.12. The summed E-state index contributed by atoms with van der Waals surface area (Å²) in [5.41, 5.74) is 2.08. The van der Waals surface area contributed by atoms with Crippen molar-refractivity contribution in [3.63, 3.8) is 0 Å². The van der Waals surface area contributed by atoms with Crippen molar-refractivity contribution in [2.24, 2.45) is 0 Å². The number of hydrogen-bond donors (Lipinski definition) is 3. The third-order valence-corrected chi connectivity index (χ3v) is 6.19. The lowest BCUT2D eigenvalue weighted by Crippen LogP contribution is -2.34. The van der Waals surface area contributed by atoms with E-state index in [0.29, 0.717) is 40.0 Å². The Bertz CT molecular complexity index is 1310. The molecule has 0 saturated heterocycles. The number of thiocarbonyl (C=S) groups is 1. The van der Waals surface area contributed by atoms with Gasteiger partial charge in [-0.05, 0) is 81.5 Å². The minimum absolute atomic E-state index is 0.00187. The Morgan fingerprint density at radius 1 is 1.06 bits per heavy atom. The second kappa shape index (κ2) is 10.8. The van der Waals surface area contributed by atoms with E-state index >= 15 is 0 Å². The summed E-state index contributed by atoms with van der Waals surface area (Å²) >= 11 is 11.3. The summed E-state index contributed by atoms with van der Waals surface area (Å²) in [6.07, 6.45) is 0. The van der Waals surface area contributed by atoms with Crippen LogP contribution < -0.4 is 20.1 Å². The summed E-state index contributed by atoms with van der Waals surface area (Å²) in [4.78, 5) is 20.6. The lowest BCUT2D eigenvalue weighted by molar-refractivity contribution is 0.0977. The van der Waals surface area contributed by atoms with E-state index in [1.807, 2.05) is 6.92 Å². The number of benzene rings is 2. The summed E-state index contributed by atoms with van der Waals surface area (Å²) < 4.78 is 33.0. The van der Waals surface area contributed by atoms with Gasteiger partial charge in [0.1, 0.15) is 5.75 Å². The third-order valence-electron chi connectivity index (χ3n) is 4.35. The number of ether oxygens (including phenoxy) is 1. The van der Waals surface area contributed by atoms with Crippen molar-refractivity contribution < 1.29 is 17.9 Å². The summed E-state index contributed by atoms with van der Waals surface area (Å²) in [7, 11) is -3.89. The molecule has 9 nitrogen and oxygen atoms in total. The molecule has 0 aliphatic carbocycles. The fraction of sp³-hybridized carbons (Fsp3) is 0.182. The number of hydrogen-bond acceptors (Lipinski definition) is 7. The number of sulfonamides is 1. The predicted molar refractivity (Wildman–Crippen MR) is 135 cm³/mol. The number of nitrogens with one attached hydrogen (secondary N) is 3. The topological polar surface area (TPSA) is 122 Å². The summed E-state index contributed by atoms with van der Waals surface area (Å²) in [5.74, 6) is 0.0207. The molecule has 3 N–H and O–H groups in total. The van der Waals surface area contributed by atoms with Crippen LogP contribution in [0.25, 0.3) is 0 Å². The maximum absolute atomic E-state index is 12.6. The number of carbonyl (C=O) groups is 1. The Morgan fingerprint density at radius 3 is 2.29 bits per heavy atom. The smallest absolute Gasteiger partial charge is 0.264 e. The molecular formula is C22H22ClN5O4S2. The van der Waals surface area contributed by atoms with Gasteiger partial charge in [-0.3, -0.25) is 10.1 Å². The van der Waals surface area contributed by atoms with Gasteiger partial charge in [-0.15, -0.1) is 0 Å². The third kappa shape index (κ3) is 6.62. The molecule has 0 unspecified atom stereocenters. The first-order valence-electron chi connectivity index (χ1n) is 10.1. The Kier molecular flexibility index (Phi) is 8.02. The highest BCUT2D eigenvalue weighted by Crippen LogP contribution is 2.25. The Morgan fingerprint density at radius 2 is 1.71 bits per heavy atom. The van der Waals surface area contributed by atoms with Crippen LogP contribution in [0.1, 0.15) is 28.7 Å². The van der Waals surface area contributed by atoms with E-state index in [1.165, 1.54) is 30.3 Å². The fourth-order valence-electron chi connectivity index (χ4n) is 2.92. The average Bonchev–Trinajstić information content (AvgIpc) is 2.74. The van der Waals surface area contributed by atoms with E-state index < -0.39 is 15.9 Å². The van der Waals surface area contributed by atoms with Crippen molar-refractivity contribution in [3.8, 4) is 5.75 Å². The van der Waals surface area contributed by atoms with E-state index in [2.05, 4.69) is 25.3 Å². The molecule has 2 aromatic carbocycles. The molecule has 0 atom stereocenters. The number of aryl methyl sites for hydroxylation is 2. The molecule has 1 amide bonds. The first-order valence-corrected chi connectivity index (χ1v) is 12.3. The monoisotopic (exact) mass is 519 g/mol. The van der Waals surface area contributed by atoms with Gasteiger partial charge in [0.2, 0.25) is 5.95 Å². The van der Waals surface area contributed by atoms with E-state index in [4.69, 9.17) is 28.6 Å². The summed E-state index contributed by atoms with van der Waals surface area (Å²) in [6, 6.07) is 12.2. The van der Waals surface area contributed by atoms with E-state index in [9.17, 15) is 13.2 Å². The zero-order chi connectivity index (χ0) is 24.9. The van der Waals surface area contributed by atoms with Gasteiger partial charge < -0.3 is 10.1 Å². The van der Waals surface area contributed by atoms with Gasteiger partial charge in [-0.1, -0.05) is 11.6 Å². The molecule has 0 spiro atoms. The van der Waals surface area contributed by atoms with Crippen LogP contribution in [-0.4, -0.2) is 36.0 Å². The van der Waals surface area contributed by atoms with Gasteiger partial charge in [0.15, 0.2) is 5.11 Å². The fourth-order valence-corrected chi connectivity index (χ4v) is 4.31. The Balaban J connectivity index is 1.63. The molecule has 0 bridgehead atoms. The van der Waals surface area contributed by atoms with Crippen molar-refractivity contribution in [1.29, 1.82) is 0 Å². The van der Waals surface area contributed by atoms with Crippen LogP contribution >= 0.6 is 23.8 Å². The first kappa shape index (κ1) is 25.3. The van der Waals surface area contributed by atoms with Crippen LogP contribution in [0, 0.1) is 13.8 Å². The van der Waals surface area contributed by atoms with Gasteiger partial charge >= 0.3 is 0 Å². The van der Waals surface area contributed by atoms with Gasteiger partial charge in [0, 0.05) is 22.6 Å². The quantitative estimate of drug-likeness (QED) is 0.399. The van der Waals surface area contributed by atoms with Gasteiger partial charge in [-0.25, -0.2) is 23.1 Å². The Labute approximate surface area is 208 Å². The SMILES string of the molecule is CCOc1ccc(C(=O)NC(=S)Nc2ccc(S(=O)(=O)Nc3nc(C)cc(C)n3)cc2)cc1Cl. The average molecular weight is 520 g/mol. The van der Waals surface area contributed by atoms with Crippen molar-refractivity contribution in [2.45, 2.75) is 25.7 Å². The summed E-state index contributed by atoms with van der Waals surface area (Å²) in [5, 5.41) is 5.73. The molecule has 0 aliphatic heterocycles. The van der Waals surface area contributed by atoms with Crippen LogP contribution in [0.15, 0.2) is 53.4 Å². The number of aromatic nitrogens is 2. The zero-order valence-corrected chi connectivity index (χ0v) is 20.9. The molecule has 0 saturated carbocycles. The standard InChI is InChI=1S/C22H22ClN5O4S2/c1-4-32-19-10-5-15(12-18(19)23)20(29)27-22(33)26-16-6-8-17(9-7-16)34(30,31)28-21-24-13(2)11-14(3)25-21/h5-12H,4H2,1-3H3,(H,24,25,28)(H2,26,27,29,33). The maximum Gasteiger partial charge on any atom is 0.264 e. The van der Waals surface area contributed by atoms with Crippen molar-refractivity contribution >= 4 is 56.5 Å². The van der Waals surface area contributed by atoms with Crippen LogP contribution in [-0.2, 0) is 10.0 Å². The van der Waals surface area contributed by atoms with Gasteiger partial charge in [0.25, 0.3) is 15.9 Å². The molecular weight excluding hydrogens is 498 g/mol. The molecule has 0 aliphatic rings. The van der Waals surface area contributed by atoms with Crippen molar-refractivity contribution in [1.82, 2.24) is 15.3 Å². The van der Waals surface area contributed by atoms with E-state index in [0.717, 1.165) is 0 Å².